The number of benzene rings is 2. The molecule has 0 saturated carbocycles. The fourth-order valence-electron chi connectivity index (χ4n) is 2.83. The van der Waals surface area contributed by atoms with Crippen molar-refractivity contribution >= 4 is 6.03 Å². The first kappa shape index (κ1) is 18.5. The molecule has 2 aromatic carbocycles. The second kappa shape index (κ2) is 8.89. The van der Waals surface area contributed by atoms with Crippen LogP contribution in [0.4, 0.5) is 4.79 Å². The van der Waals surface area contributed by atoms with Crippen molar-refractivity contribution in [2.45, 2.75) is 20.4 Å². The molecule has 3 aromatic rings. The van der Waals surface area contributed by atoms with Gasteiger partial charge in [-0.1, -0.05) is 36.4 Å². The van der Waals surface area contributed by atoms with E-state index in [1.54, 1.807) is 0 Å². The maximum atomic E-state index is 12.0. The monoisotopic (exact) mass is 364 g/mol. The van der Waals surface area contributed by atoms with Crippen molar-refractivity contribution in [3.8, 4) is 11.4 Å². The van der Waals surface area contributed by atoms with Crippen molar-refractivity contribution in [1.29, 1.82) is 0 Å². The largest absolute Gasteiger partial charge is 0.492 e. The first-order chi connectivity index (χ1) is 13.1. The molecule has 0 fully saturated rings. The molecule has 140 valence electrons. The molecule has 3 rings (SSSR count). The number of urea groups is 1. The molecule has 6 heteroatoms. The molecule has 0 aliphatic carbocycles. The summed E-state index contributed by atoms with van der Waals surface area (Å²) in [6.45, 7) is 5.24. The highest BCUT2D eigenvalue weighted by atomic mass is 16.5. The number of rotatable bonds is 7. The van der Waals surface area contributed by atoms with Gasteiger partial charge in [-0.05, 0) is 38.1 Å². The number of carbonyl (C=O) groups excluding carboxylic acids is 1. The van der Waals surface area contributed by atoms with Gasteiger partial charge < -0.3 is 15.4 Å². The van der Waals surface area contributed by atoms with Gasteiger partial charge >= 0.3 is 6.03 Å². The summed E-state index contributed by atoms with van der Waals surface area (Å²) in [4.78, 5) is 12.0. The van der Waals surface area contributed by atoms with Crippen molar-refractivity contribution in [2.75, 3.05) is 13.2 Å². The number of ether oxygens (including phenoxy) is 1. The lowest BCUT2D eigenvalue weighted by atomic mass is 10.2. The highest BCUT2D eigenvalue weighted by Crippen LogP contribution is 2.17. The number of aryl methyl sites for hydroxylation is 1. The minimum absolute atomic E-state index is 0.224. The lowest BCUT2D eigenvalue weighted by Crippen LogP contribution is -2.37. The number of nitrogens with zero attached hydrogens (tertiary/aromatic N) is 2. The Morgan fingerprint density at radius 1 is 1.00 bits per heavy atom. The van der Waals surface area contributed by atoms with Crippen molar-refractivity contribution in [3.63, 3.8) is 0 Å². The Hall–Kier alpha value is -3.28. The summed E-state index contributed by atoms with van der Waals surface area (Å²) in [7, 11) is 0. The van der Waals surface area contributed by atoms with E-state index in [4.69, 9.17) is 4.74 Å². The van der Waals surface area contributed by atoms with Crippen LogP contribution < -0.4 is 15.4 Å². The van der Waals surface area contributed by atoms with Crippen LogP contribution in [0.3, 0.4) is 0 Å². The number of aromatic nitrogens is 2. The summed E-state index contributed by atoms with van der Waals surface area (Å²) in [6, 6.07) is 19.3. The van der Waals surface area contributed by atoms with Gasteiger partial charge in [0.25, 0.3) is 0 Å². The maximum absolute atomic E-state index is 12.0. The van der Waals surface area contributed by atoms with E-state index in [-0.39, 0.29) is 6.03 Å². The molecule has 2 amide bonds. The Morgan fingerprint density at radius 2 is 1.67 bits per heavy atom. The van der Waals surface area contributed by atoms with Gasteiger partial charge in [0, 0.05) is 17.8 Å². The average molecular weight is 364 g/mol. The van der Waals surface area contributed by atoms with Gasteiger partial charge in [0.15, 0.2) is 0 Å². The SMILES string of the molecule is Cc1nn(-c2ccccc2)c(C)c1CNC(=O)NCCOc1ccccc1. The number of hydrogen-bond acceptors (Lipinski definition) is 3. The Morgan fingerprint density at radius 3 is 2.37 bits per heavy atom. The van der Waals surface area contributed by atoms with Crippen LogP contribution in [-0.4, -0.2) is 29.0 Å². The van der Waals surface area contributed by atoms with Gasteiger partial charge in [0.05, 0.1) is 17.9 Å². The van der Waals surface area contributed by atoms with E-state index in [1.165, 1.54) is 0 Å². The van der Waals surface area contributed by atoms with E-state index in [0.29, 0.717) is 19.7 Å². The first-order valence-corrected chi connectivity index (χ1v) is 8.95. The van der Waals surface area contributed by atoms with Crippen molar-refractivity contribution in [1.82, 2.24) is 20.4 Å². The summed E-state index contributed by atoms with van der Waals surface area (Å²) >= 11 is 0. The van der Waals surface area contributed by atoms with Crippen LogP contribution in [0.25, 0.3) is 5.69 Å². The molecule has 2 N–H and O–H groups in total. The lowest BCUT2D eigenvalue weighted by molar-refractivity contribution is 0.236. The average Bonchev–Trinajstić information content (AvgIpc) is 2.99. The summed E-state index contributed by atoms with van der Waals surface area (Å²) in [5.74, 6) is 0.791. The van der Waals surface area contributed by atoms with E-state index in [1.807, 2.05) is 79.2 Å². The molecule has 0 saturated heterocycles. The summed E-state index contributed by atoms with van der Waals surface area (Å²) in [5.41, 5.74) is 3.96. The molecule has 6 nitrogen and oxygen atoms in total. The molecule has 1 aromatic heterocycles. The third-order valence-electron chi connectivity index (χ3n) is 4.27. The smallest absolute Gasteiger partial charge is 0.315 e. The van der Waals surface area contributed by atoms with Crippen LogP contribution in [0, 0.1) is 13.8 Å². The highest BCUT2D eigenvalue weighted by molar-refractivity contribution is 5.73. The predicted octanol–water partition coefficient (Wildman–Crippen LogP) is 3.37. The second-order valence-electron chi connectivity index (χ2n) is 6.17. The third-order valence-corrected chi connectivity index (χ3v) is 4.27. The van der Waals surface area contributed by atoms with E-state index in [0.717, 1.165) is 28.4 Å². The molecule has 0 atom stereocenters. The zero-order valence-corrected chi connectivity index (χ0v) is 15.6. The minimum atomic E-state index is -0.224. The molecule has 27 heavy (non-hydrogen) atoms. The van der Waals surface area contributed by atoms with Gasteiger partial charge in [0.2, 0.25) is 0 Å². The van der Waals surface area contributed by atoms with E-state index >= 15 is 0 Å². The van der Waals surface area contributed by atoms with Crippen LogP contribution in [0.1, 0.15) is 17.0 Å². The number of amides is 2. The number of para-hydroxylation sites is 2. The molecular formula is C21H24N4O2. The van der Waals surface area contributed by atoms with Gasteiger partial charge in [0.1, 0.15) is 12.4 Å². The van der Waals surface area contributed by atoms with Crippen molar-refractivity contribution < 1.29 is 9.53 Å². The molecule has 0 unspecified atom stereocenters. The molecule has 0 spiro atoms. The van der Waals surface area contributed by atoms with Crippen molar-refractivity contribution in [3.05, 3.63) is 77.6 Å². The van der Waals surface area contributed by atoms with Crippen LogP contribution in [0.15, 0.2) is 60.7 Å². The summed E-state index contributed by atoms with van der Waals surface area (Å²) in [6.07, 6.45) is 0. The first-order valence-electron chi connectivity index (χ1n) is 8.95. The number of hydrogen-bond donors (Lipinski definition) is 2. The summed E-state index contributed by atoms with van der Waals surface area (Å²) < 4.78 is 7.45. The zero-order chi connectivity index (χ0) is 19.1. The van der Waals surface area contributed by atoms with E-state index in [9.17, 15) is 4.79 Å². The normalized spacial score (nSPS) is 10.4. The van der Waals surface area contributed by atoms with E-state index in [2.05, 4.69) is 15.7 Å². The van der Waals surface area contributed by atoms with Crippen LogP contribution in [0.5, 0.6) is 5.75 Å². The van der Waals surface area contributed by atoms with Gasteiger partial charge in [-0.2, -0.15) is 5.10 Å². The third kappa shape index (κ3) is 4.88. The quantitative estimate of drug-likeness (QED) is 0.632. The Labute approximate surface area is 159 Å². The molecule has 0 aliphatic heterocycles. The van der Waals surface area contributed by atoms with E-state index < -0.39 is 0 Å². The topological polar surface area (TPSA) is 68.2 Å². The molecular weight excluding hydrogens is 340 g/mol. The van der Waals surface area contributed by atoms with Crippen LogP contribution in [0.2, 0.25) is 0 Å². The Kier molecular flexibility index (Phi) is 6.10. The fourth-order valence-corrected chi connectivity index (χ4v) is 2.83. The van der Waals surface area contributed by atoms with Gasteiger partial charge in [-0.3, -0.25) is 0 Å². The fraction of sp³-hybridized carbons (Fsp3) is 0.238. The Balaban J connectivity index is 1.48. The number of nitrogens with one attached hydrogen (secondary N) is 2. The minimum Gasteiger partial charge on any atom is -0.492 e. The van der Waals surface area contributed by atoms with Gasteiger partial charge in [-0.15, -0.1) is 0 Å². The molecule has 0 radical (unpaired) electrons. The van der Waals surface area contributed by atoms with Gasteiger partial charge in [-0.25, -0.2) is 9.48 Å². The Bertz CT molecular complexity index is 876. The predicted molar refractivity (Wildman–Crippen MR) is 105 cm³/mol. The maximum Gasteiger partial charge on any atom is 0.315 e. The molecule has 1 heterocycles. The highest BCUT2D eigenvalue weighted by Gasteiger charge is 2.13. The van der Waals surface area contributed by atoms with Crippen LogP contribution >= 0.6 is 0 Å². The molecule has 0 aliphatic rings. The summed E-state index contributed by atoms with van der Waals surface area (Å²) in [5, 5.41) is 10.3. The van der Waals surface area contributed by atoms with Crippen molar-refractivity contribution in [2.24, 2.45) is 0 Å². The molecule has 0 bridgehead atoms. The number of carbonyl (C=O) groups is 1. The lowest BCUT2D eigenvalue weighted by Gasteiger charge is -2.09. The zero-order valence-electron chi connectivity index (χ0n) is 15.6. The van der Waals surface area contributed by atoms with Crippen LogP contribution in [-0.2, 0) is 6.54 Å². The standard InChI is InChI=1S/C21H24N4O2/c1-16-20(17(2)25(24-16)18-9-5-3-6-10-18)15-23-21(26)22-13-14-27-19-11-7-4-8-12-19/h3-12H,13-15H2,1-2H3,(H2,22,23,26). The second-order valence-corrected chi connectivity index (χ2v) is 6.17.